The highest BCUT2D eigenvalue weighted by Gasteiger charge is 2.19. The van der Waals surface area contributed by atoms with Crippen molar-refractivity contribution in [1.82, 2.24) is 9.55 Å². The van der Waals surface area contributed by atoms with Crippen molar-refractivity contribution in [2.45, 2.75) is 26.5 Å². The first kappa shape index (κ1) is 19.7. The lowest BCUT2D eigenvalue weighted by molar-refractivity contribution is 0.212. The van der Waals surface area contributed by atoms with Crippen molar-refractivity contribution in [3.63, 3.8) is 0 Å². The normalized spacial score (nSPS) is 12.4. The first-order chi connectivity index (χ1) is 15.1. The maximum Gasteiger partial charge on any atom is 0.153 e. The SMILES string of the molecule is Cc1cc(OC(C)c2nc3ccccc3n2Cc2ccc3ccccc3c2)ccc1Cl. The number of benzene rings is 4. The molecule has 0 radical (unpaired) electrons. The predicted molar refractivity (Wildman–Crippen MR) is 128 cm³/mol. The molecule has 5 rings (SSSR count). The Morgan fingerprint density at radius 2 is 1.68 bits per heavy atom. The van der Waals surface area contributed by atoms with Crippen LogP contribution in [-0.4, -0.2) is 9.55 Å². The quantitative estimate of drug-likeness (QED) is 0.294. The molecule has 0 bridgehead atoms. The van der Waals surface area contributed by atoms with Crippen LogP contribution < -0.4 is 4.74 Å². The van der Waals surface area contributed by atoms with Crippen LogP contribution in [0.3, 0.4) is 0 Å². The van der Waals surface area contributed by atoms with Crippen LogP contribution in [0.2, 0.25) is 5.02 Å². The molecule has 154 valence electrons. The number of rotatable bonds is 5. The van der Waals surface area contributed by atoms with Gasteiger partial charge in [0.15, 0.2) is 11.9 Å². The smallest absolute Gasteiger partial charge is 0.153 e. The zero-order chi connectivity index (χ0) is 21.4. The summed E-state index contributed by atoms with van der Waals surface area (Å²) in [7, 11) is 0. The second-order valence-electron chi connectivity index (χ2n) is 7.90. The Labute approximate surface area is 186 Å². The van der Waals surface area contributed by atoms with Gasteiger partial charge in [-0.25, -0.2) is 4.98 Å². The van der Waals surface area contributed by atoms with E-state index in [0.717, 1.165) is 39.7 Å². The zero-order valence-electron chi connectivity index (χ0n) is 17.5. The lowest BCUT2D eigenvalue weighted by Gasteiger charge is -2.17. The molecular weight excluding hydrogens is 404 g/mol. The van der Waals surface area contributed by atoms with Crippen molar-refractivity contribution in [3.8, 4) is 5.75 Å². The minimum absolute atomic E-state index is 0.214. The van der Waals surface area contributed by atoms with Crippen molar-refractivity contribution in [2.24, 2.45) is 0 Å². The van der Waals surface area contributed by atoms with Crippen LogP contribution in [0.15, 0.2) is 84.9 Å². The molecule has 5 aromatic rings. The first-order valence-corrected chi connectivity index (χ1v) is 10.8. The highest BCUT2D eigenvalue weighted by molar-refractivity contribution is 6.31. The standard InChI is InChI=1S/C27H23ClN2O/c1-18-15-23(13-14-24(18)28)31-19(2)27-29-25-9-5-6-10-26(25)30(27)17-20-11-12-21-7-3-4-8-22(21)16-20/h3-16,19H,17H2,1-2H3. The van der Waals surface area contributed by atoms with Gasteiger partial charge in [0.1, 0.15) is 5.75 Å². The van der Waals surface area contributed by atoms with Gasteiger partial charge in [-0.15, -0.1) is 0 Å². The molecule has 0 fully saturated rings. The molecule has 0 saturated carbocycles. The molecule has 1 aromatic heterocycles. The van der Waals surface area contributed by atoms with Gasteiger partial charge in [-0.05, 0) is 72.1 Å². The Hall–Kier alpha value is -3.30. The van der Waals surface area contributed by atoms with Crippen molar-refractivity contribution in [1.29, 1.82) is 0 Å². The van der Waals surface area contributed by atoms with Gasteiger partial charge in [0.25, 0.3) is 0 Å². The maximum absolute atomic E-state index is 6.27. The van der Waals surface area contributed by atoms with E-state index in [4.69, 9.17) is 21.3 Å². The van der Waals surface area contributed by atoms with Crippen LogP contribution >= 0.6 is 11.6 Å². The molecular formula is C27H23ClN2O. The van der Waals surface area contributed by atoms with E-state index in [9.17, 15) is 0 Å². The minimum Gasteiger partial charge on any atom is -0.483 e. The molecule has 0 N–H and O–H groups in total. The molecule has 1 heterocycles. The largest absolute Gasteiger partial charge is 0.483 e. The minimum atomic E-state index is -0.214. The van der Waals surface area contributed by atoms with E-state index in [1.165, 1.54) is 16.3 Å². The molecule has 3 nitrogen and oxygen atoms in total. The highest BCUT2D eigenvalue weighted by Crippen LogP contribution is 2.28. The van der Waals surface area contributed by atoms with E-state index in [1.807, 2.05) is 38.1 Å². The number of fused-ring (bicyclic) bond motifs is 2. The Morgan fingerprint density at radius 3 is 2.52 bits per heavy atom. The van der Waals surface area contributed by atoms with Crippen molar-refractivity contribution in [2.75, 3.05) is 0 Å². The monoisotopic (exact) mass is 426 g/mol. The highest BCUT2D eigenvalue weighted by atomic mass is 35.5. The summed E-state index contributed by atoms with van der Waals surface area (Å²) in [5.41, 5.74) is 4.31. The van der Waals surface area contributed by atoms with Gasteiger partial charge in [-0.2, -0.15) is 0 Å². The number of hydrogen-bond donors (Lipinski definition) is 0. The Morgan fingerprint density at radius 1 is 0.903 bits per heavy atom. The van der Waals surface area contributed by atoms with Crippen LogP contribution in [0, 0.1) is 6.92 Å². The van der Waals surface area contributed by atoms with E-state index in [1.54, 1.807) is 0 Å². The summed E-state index contributed by atoms with van der Waals surface area (Å²) in [5.74, 6) is 1.70. The van der Waals surface area contributed by atoms with E-state index in [2.05, 4.69) is 65.2 Å². The van der Waals surface area contributed by atoms with Gasteiger partial charge in [-0.1, -0.05) is 60.1 Å². The molecule has 0 aliphatic rings. The van der Waals surface area contributed by atoms with Gasteiger partial charge >= 0.3 is 0 Å². The van der Waals surface area contributed by atoms with Crippen LogP contribution in [0.4, 0.5) is 0 Å². The van der Waals surface area contributed by atoms with Crippen LogP contribution in [0.25, 0.3) is 21.8 Å². The molecule has 1 unspecified atom stereocenters. The Balaban J connectivity index is 1.53. The number of imidazole rings is 1. The van der Waals surface area contributed by atoms with Gasteiger partial charge < -0.3 is 9.30 Å². The fourth-order valence-electron chi connectivity index (χ4n) is 4.04. The third-order valence-corrected chi connectivity index (χ3v) is 6.07. The number of nitrogens with zero attached hydrogens (tertiary/aromatic N) is 2. The summed E-state index contributed by atoms with van der Waals surface area (Å²) in [4.78, 5) is 4.92. The Bertz CT molecular complexity index is 1390. The average molecular weight is 427 g/mol. The molecule has 1 atom stereocenters. The molecule has 0 amide bonds. The lowest BCUT2D eigenvalue weighted by atomic mass is 10.1. The average Bonchev–Trinajstić information content (AvgIpc) is 3.15. The number of para-hydroxylation sites is 2. The fourth-order valence-corrected chi connectivity index (χ4v) is 4.16. The molecule has 0 aliphatic carbocycles. The number of hydrogen-bond acceptors (Lipinski definition) is 2. The van der Waals surface area contributed by atoms with Crippen molar-refractivity contribution >= 4 is 33.4 Å². The van der Waals surface area contributed by atoms with Crippen molar-refractivity contribution in [3.05, 3.63) is 107 Å². The second-order valence-corrected chi connectivity index (χ2v) is 8.30. The molecule has 4 aromatic carbocycles. The second kappa shape index (κ2) is 8.09. The number of halogens is 1. The zero-order valence-corrected chi connectivity index (χ0v) is 18.3. The van der Waals surface area contributed by atoms with Gasteiger partial charge in [0.2, 0.25) is 0 Å². The Kier molecular flexibility index (Phi) is 5.13. The third-order valence-electron chi connectivity index (χ3n) is 5.64. The van der Waals surface area contributed by atoms with E-state index >= 15 is 0 Å². The molecule has 0 spiro atoms. The fraction of sp³-hybridized carbons (Fsp3) is 0.148. The molecule has 4 heteroatoms. The summed E-state index contributed by atoms with van der Waals surface area (Å²) < 4.78 is 8.53. The van der Waals surface area contributed by atoms with Crippen molar-refractivity contribution < 1.29 is 4.74 Å². The predicted octanol–water partition coefficient (Wildman–Crippen LogP) is 7.34. The van der Waals surface area contributed by atoms with Gasteiger partial charge in [0.05, 0.1) is 11.0 Å². The van der Waals surface area contributed by atoms with Gasteiger partial charge in [-0.3, -0.25) is 0 Å². The summed E-state index contributed by atoms with van der Waals surface area (Å²) >= 11 is 6.17. The summed E-state index contributed by atoms with van der Waals surface area (Å²) in [6.45, 7) is 4.75. The molecule has 31 heavy (non-hydrogen) atoms. The van der Waals surface area contributed by atoms with Crippen LogP contribution in [-0.2, 0) is 6.54 Å². The van der Waals surface area contributed by atoms with Crippen LogP contribution in [0.5, 0.6) is 5.75 Å². The first-order valence-electron chi connectivity index (χ1n) is 10.4. The summed E-state index contributed by atoms with van der Waals surface area (Å²) in [5, 5.41) is 3.23. The lowest BCUT2D eigenvalue weighted by Crippen LogP contribution is -2.13. The summed E-state index contributed by atoms with van der Waals surface area (Å²) in [6.07, 6.45) is -0.214. The van der Waals surface area contributed by atoms with E-state index in [-0.39, 0.29) is 6.10 Å². The number of aromatic nitrogens is 2. The van der Waals surface area contributed by atoms with E-state index < -0.39 is 0 Å². The molecule has 0 aliphatic heterocycles. The van der Waals surface area contributed by atoms with E-state index in [0.29, 0.717) is 0 Å². The molecule has 0 saturated heterocycles. The number of ether oxygens (including phenoxy) is 1. The van der Waals surface area contributed by atoms with Crippen LogP contribution in [0.1, 0.15) is 30.0 Å². The number of aryl methyl sites for hydroxylation is 1. The third kappa shape index (κ3) is 3.89. The van der Waals surface area contributed by atoms with Gasteiger partial charge in [0, 0.05) is 11.6 Å². The maximum atomic E-state index is 6.27. The summed E-state index contributed by atoms with van der Waals surface area (Å²) in [6, 6.07) is 29.1. The topological polar surface area (TPSA) is 27.1 Å².